The highest BCUT2D eigenvalue weighted by Crippen LogP contribution is 2.27. The Kier molecular flexibility index (Phi) is 2.93. The summed E-state index contributed by atoms with van der Waals surface area (Å²) in [6.07, 6.45) is 9.36. The summed E-state index contributed by atoms with van der Waals surface area (Å²) in [7, 11) is 0. The molecule has 0 saturated carbocycles. The Morgan fingerprint density at radius 3 is 3.25 bits per heavy atom. The van der Waals surface area contributed by atoms with Gasteiger partial charge in [0, 0.05) is 36.9 Å². The van der Waals surface area contributed by atoms with Crippen molar-refractivity contribution in [1.29, 1.82) is 0 Å². The highest BCUT2D eigenvalue weighted by Gasteiger charge is 2.34. The summed E-state index contributed by atoms with van der Waals surface area (Å²) in [5, 5.41) is 10.5. The Hall–Kier alpha value is -0.870. The van der Waals surface area contributed by atoms with E-state index in [2.05, 4.69) is 20.4 Å². The zero-order valence-corrected chi connectivity index (χ0v) is 9.65. The first-order valence-electron chi connectivity index (χ1n) is 6.38. The number of nitrogens with zero attached hydrogens (tertiary/aromatic N) is 2. The van der Waals surface area contributed by atoms with Crippen molar-refractivity contribution < 1.29 is 0 Å². The molecule has 2 saturated heterocycles. The molecule has 2 aliphatic heterocycles. The van der Waals surface area contributed by atoms with Gasteiger partial charge in [0.15, 0.2) is 0 Å². The van der Waals surface area contributed by atoms with Gasteiger partial charge in [0.25, 0.3) is 0 Å². The highest BCUT2D eigenvalue weighted by molar-refractivity contribution is 5.03. The summed E-state index contributed by atoms with van der Waals surface area (Å²) in [6, 6.07) is 1.48. The van der Waals surface area contributed by atoms with E-state index in [4.69, 9.17) is 0 Å². The van der Waals surface area contributed by atoms with E-state index in [-0.39, 0.29) is 0 Å². The molecule has 0 aromatic carbocycles. The molecule has 88 valence electrons. The Morgan fingerprint density at radius 1 is 1.38 bits per heavy atom. The van der Waals surface area contributed by atoms with Gasteiger partial charge in [-0.05, 0) is 25.8 Å². The van der Waals surface area contributed by atoms with Crippen LogP contribution in [0.5, 0.6) is 0 Å². The zero-order valence-electron chi connectivity index (χ0n) is 9.65. The second kappa shape index (κ2) is 4.55. The maximum absolute atomic E-state index is 3.97. The number of hydrogen-bond acceptors (Lipinski definition) is 3. The molecule has 4 nitrogen and oxygen atoms in total. The first-order valence-corrected chi connectivity index (χ1v) is 6.38. The fraction of sp³-hybridized carbons (Fsp3) is 0.750. The first kappa shape index (κ1) is 10.3. The summed E-state index contributed by atoms with van der Waals surface area (Å²) >= 11 is 0. The Labute approximate surface area is 96.4 Å². The highest BCUT2D eigenvalue weighted by atomic mass is 15.2. The van der Waals surface area contributed by atoms with Crippen LogP contribution < -0.4 is 5.32 Å². The van der Waals surface area contributed by atoms with Gasteiger partial charge in [-0.25, -0.2) is 0 Å². The van der Waals surface area contributed by atoms with Crippen LogP contribution in [0.3, 0.4) is 0 Å². The predicted octanol–water partition coefficient (Wildman–Crippen LogP) is 1.13. The Balaban J connectivity index is 1.55. The molecule has 3 heterocycles. The molecule has 0 spiro atoms. The number of aromatic amines is 1. The van der Waals surface area contributed by atoms with Crippen LogP contribution in [0, 0.1) is 0 Å². The lowest BCUT2D eigenvalue weighted by Gasteiger charge is -2.32. The van der Waals surface area contributed by atoms with Gasteiger partial charge in [0.1, 0.15) is 0 Å². The van der Waals surface area contributed by atoms with E-state index in [1.165, 1.54) is 44.3 Å². The van der Waals surface area contributed by atoms with Gasteiger partial charge < -0.3 is 5.32 Å². The molecule has 2 aliphatic rings. The maximum atomic E-state index is 3.97. The SMILES string of the molecule is c1n[nH]cc1CNC1CCN2CCCCC12. The number of hydrogen-bond donors (Lipinski definition) is 2. The average Bonchev–Trinajstić information content (AvgIpc) is 2.96. The molecular formula is C12H20N4. The standard InChI is InChI=1S/C12H20N4/c1-2-5-16-6-4-11(12(16)3-1)13-7-10-8-14-15-9-10/h8-9,11-13H,1-7H2,(H,14,15). The van der Waals surface area contributed by atoms with Crippen molar-refractivity contribution in [2.45, 2.75) is 44.3 Å². The van der Waals surface area contributed by atoms with Gasteiger partial charge in [-0.2, -0.15) is 5.10 Å². The number of rotatable bonds is 3. The van der Waals surface area contributed by atoms with E-state index in [1.807, 2.05) is 12.4 Å². The molecule has 1 aromatic heterocycles. The molecule has 0 aliphatic carbocycles. The van der Waals surface area contributed by atoms with Gasteiger partial charge in [-0.15, -0.1) is 0 Å². The van der Waals surface area contributed by atoms with Crippen LogP contribution in [0.4, 0.5) is 0 Å². The van der Waals surface area contributed by atoms with E-state index in [1.54, 1.807) is 0 Å². The number of fused-ring (bicyclic) bond motifs is 1. The van der Waals surface area contributed by atoms with E-state index < -0.39 is 0 Å². The minimum absolute atomic E-state index is 0.690. The maximum Gasteiger partial charge on any atom is 0.0532 e. The third kappa shape index (κ3) is 1.99. The summed E-state index contributed by atoms with van der Waals surface area (Å²) in [5.74, 6) is 0. The Morgan fingerprint density at radius 2 is 2.38 bits per heavy atom. The minimum atomic E-state index is 0.690. The quantitative estimate of drug-likeness (QED) is 0.802. The second-order valence-electron chi connectivity index (χ2n) is 4.98. The molecular weight excluding hydrogens is 200 g/mol. The normalized spacial score (nSPS) is 30.5. The number of nitrogens with one attached hydrogen (secondary N) is 2. The molecule has 1 aromatic rings. The molecule has 0 bridgehead atoms. The lowest BCUT2D eigenvalue weighted by Crippen LogP contribution is -2.44. The van der Waals surface area contributed by atoms with Crippen LogP contribution in [0.25, 0.3) is 0 Å². The second-order valence-corrected chi connectivity index (χ2v) is 4.98. The van der Waals surface area contributed by atoms with Gasteiger partial charge in [-0.1, -0.05) is 6.42 Å². The fourth-order valence-corrected chi connectivity index (χ4v) is 3.11. The van der Waals surface area contributed by atoms with Crippen LogP contribution in [0.15, 0.2) is 12.4 Å². The van der Waals surface area contributed by atoms with Gasteiger partial charge in [-0.3, -0.25) is 10.00 Å². The third-order valence-corrected chi connectivity index (χ3v) is 3.98. The predicted molar refractivity (Wildman–Crippen MR) is 63.0 cm³/mol. The van der Waals surface area contributed by atoms with Crippen molar-refractivity contribution in [3.05, 3.63) is 18.0 Å². The van der Waals surface area contributed by atoms with E-state index in [0.717, 1.165) is 12.6 Å². The summed E-state index contributed by atoms with van der Waals surface area (Å²) < 4.78 is 0. The third-order valence-electron chi connectivity index (χ3n) is 3.98. The van der Waals surface area contributed by atoms with Crippen LogP contribution in [0.2, 0.25) is 0 Å². The summed E-state index contributed by atoms with van der Waals surface area (Å²) in [5.41, 5.74) is 1.26. The van der Waals surface area contributed by atoms with Crippen molar-refractivity contribution >= 4 is 0 Å². The molecule has 2 N–H and O–H groups in total. The van der Waals surface area contributed by atoms with Crippen molar-refractivity contribution in [2.24, 2.45) is 0 Å². The van der Waals surface area contributed by atoms with Gasteiger partial charge >= 0.3 is 0 Å². The van der Waals surface area contributed by atoms with Gasteiger partial charge in [0.2, 0.25) is 0 Å². The molecule has 3 rings (SSSR count). The number of piperidine rings is 1. The molecule has 2 atom stereocenters. The van der Waals surface area contributed by atoms with Crippen molar-refractivity contribution in [3.63, 3.8) is 0 Å². The van der Waals surface area contributed by atoms with Crippen LogP contribution in [0.1, 0.15) is 31.2 Å². The van der Waals surface area contributed by atoms with Gasteiger partial charge in [0.05, 0.1) is 6.20 Å². The minimum Gasteiger partial charge on any atom is -0.308 e. The average molecular weight is 220 g/mol. The lowest BCUT2D eigenvalue weighted by atomic mass is 9.99. The fourth-order valence-electron chi connectivity index (χ4n) is 3.11. The van der Waals surface area contributed by atoms with Crippen LogP contribution in [-0.2, 0) is 6.54 Å². The molecule has 2 fully saturated rings. The largest absolute Gasteiger partial charge is 0.308 e. The van der Waals surface area contributed by atoms with Crippen molar-refractivity contribution in [1.82, 2.24) is 20.4 Å². The van der Waals surface area contributed by atoms with Crippen molar-refractivity contribution in [2.75, 3.05) is 13.1 Å². The molecule has 0 amide bonds. The number of aromatic nitrogens is 2. The molecule has 0 radical (unpaired) electrons. The molecule has 16 heavy (non-hydrogen) atoms. The molecule has 2 unspecified atom stereocenters. The van der Waals surface area contributed by atoms with E-state index >= 15 is 0 Å². The zero-order chi connectivity index (χ0) is 10.8. The lowest BCUT2D eigenvalue weighted by molar-refractivity contribution is 0.180. The van der Waals surface area contributed by atoms with E-state index in [0.29, 0.717) is 6.04 Å². The van der Waals surface area contributed by atoms with Crippen LogP contribution >= 0.6 is 0 Å². The summed E-state index contributed by atoms with van der Waals surface area (Å²) in [6.45, 7) is 3.55. The first-order chi connectivity index (χ1) is 7.93. The van der Waals surface area contributed by atoms with Crippen LogP contribution in [-0.4, -0.2) is 40.3 Å². The smallest absolute Gasteiger partial charge is 0.0532 e. The topological polar surface area (TPSA) is 44.0 Å². The van der Waals surface area contributed by atoms with Crippen molar-refractivity contribution in [3.8, 4) is 0 Å². The van der Waals surface area contributed by atoms with E-state index in [9.17, 15) is 0 Å². The Bertz CT molecular complexity index is 322. The monoisotopic (exact) mass is 220 g/mol. The number of H-pyrrole nitrogens is 1. The molecule has 4 heteroatoms. The summed E-state index contributed by atoms with van der Waals surface area (Å²) in [4.78, 5) is 2.66.